The molecule has 0 aromatic heterocycles. The van der Waals surface area contributed by atoms with E-state index in [2.05, 4.69) is 5.48 Å². The van der Waals surface area contributed by atoms with Crippen LogP contribution in [-0.2, 0) is 14.9 Å². The number of nitrogens with one attached hydrogen (secondary N) is 1. The van der Waals surface area contributed by atoms with Crippen molar-refractivity contribution >= 4 is 33.2 Å². The van der Waals surface area contributed by atoms with Crippen LogP contribution >= 0.6 is 11.6 Å². The molecule has 2 aromatic carbocycles. The second-order valence-corrected chi connectivity index (χ2v) is 7.53. The molecule has 1 N–H and O–H groups in total. The van der Waals surface area contributed by atoms with Gasteiger partial charge in [-0.1, -0.05) is 23.7 Å². The summed E-state index contributed by atoms with van der Waals surface area (Å²) in [5.74, 6) is -0.226. The molecule has 140 valence electrons. The molecular formula is C17H19ClN2O5S. The van der Waals surface area contributed by atoms with Crippen molar-refractivity contribution in [3.8, 4) is 5.75 Å². The predicted octanol–water partition coefficient (Wildman–Crippen LogP) is 2.86. The van der Waals surface area contributed by atoms with Gasteiger partial charge in [0.25, 0.3) is 15.9 Å². The molecule has 2 aromatic rings. The third kappa shape index (κ3) is 4.09. The fourth-order valence-electron chi connectivity index (χ4n) is 2.21. The van der Waals surface area contributed by atoms with Crippen LogP contribution in [0.15, 0.2) is 47.4 Å². The molecule has 9 heteroatoms. The highest BCUT2D eigenvalue weighted by molar-refractivity contribution is 7.92. The van der Waals surface area contributed by atoms with Gasteiger partial charge in [0.05, 0.1) is 34.9 Å². The van der Waals surface area contributed by atoms with Crippen LogP contribution in [0.5, 0.6) is 5.75 Å². The van der Waals surface area contributed by atoms with Crippen LogP contribution in [-0.4, -0.2) is 35.1 Å². The zero-order valence-corrected chi connectivity index (χ0v) is 16.1. The largest absolute Gasteiger partial charge is 0.495 e. The monoisotopic (exact) mass is 398 g/mol. The highest BCUT2D eigenvalue weighted by Gasteiger charge is 2.25. The van der Waals surface area contributed by atoms with Gasteiger partial charge in [0.15, 0.2) is 0 Å². The smallest absolute Gasteiger partial charge is 0.276 e. The van der Waals surface area contributed by atoms with Crippen LogP contribution in [0.25, 0.3) is 0 Å². The summed E-state index contributed by atoms with van der Waals surface area (Å²) in [6.07, 6.45) is 0. The Bertz CT molecular complexity index is 902. The van der Waals surface area contributed by atoms with E-state index in [-0.39, 0.29) is 22.1 Å². The summed E-state index contributed by atoms with van der Waals surface area (Å²) in [7, 11) is -1.08. The molecule has 0 spiro atoms. The van der Waals surface area contributed by atoms with Gasteiger partial charge in [-0.05, 0) is 37.3 Å². The number of nitrogens with zero attached hydrogens (tertiary/aromatic N) is 1. The van der Waals surface area contributed by atoms with Gasteiger partial charge in [0.2, 0.25) is 0 Å². The Morgan fingerprint density at radius 1 is 1.23 bits per heavy atom. The Labute approximate surface area is 157 Å². The topological polar surface area (TPSA) is 84.9 Å². The summed E-state index contributed by atoms with van der Waals surface area (Å²) in [4.78, 5) is 16.9. The number of carbonyl (C=O) groups is 1. The van der Waals surface area contributed by atoms with E-state index in [0.29, 0.717) is 11.4 Å². The van der Waals surface area contributed by atoms with Crippen molar-refractivity contribution in [2.45, 2.75) is 11.8 Å². The second-order valence-electron chi connectivity index (χ2n) is 5.15. The number of hydrogen-bond acceptors (Lipinski definition) is 5. The molecule has 7 nitrogen and oxygen atoms in total. The van der Waals surface area contributed by atoms with Crippen LogP contribution in [0.2, 0.25) is 5.02 Å². The molecule has 0 aliphatic rings. The molecule has 0 unspecified atom stereocenters. The van der Waals surface area contributed by atoms with Gasteiger partial charge in [-0.3, -0.25) is 13.9 Å². The van der Waals surface area contributed by atoms with Crippen molar-refractivity contribution in [3.05, 3.63) is 53.1 Å². The molecule has 0 saturated carbocycles. The highest BCUT2D eigenvalue weighted by atomic mass is 35.5. The van der Waals surface area contributed by atoms with Gasteiger partial charge in [-0.15, -0.1) is 0 Å². The predicted molar refractivity (Wildman–Crippen MR) is 99.1 cm³/mol. The Hall–Kier alpha value is -2.29. The van der Waals surface area contributed by atoms with Gasteiger partial charge in [-0.25, -0.2) is 13.9 Å². The zero-order valence-electron chi connectivity index (χ0n) is 14.5. The van der Waals surface area contributed by atoms with Crippen LogP contribution < -0.4 is 14.5 Å². The molecule has 0 heterocycles. The molecule has 0 bridgehead atoms. The van der Waals surface area contributed by atoms with Crippen LogP contribution in [0.4, 0.5) is 5.69 Å². The Kier molecular flexibility index (Phi) is 6.47. The Morgan fingerprint density at radius 2 is 1.92 bits per heavy atom. The number of para-hydroxylation sites is 2. The van der Waals surface area contributed by atoms with E-state index in [1.807, 2.05) is 0 Å². The van der Waals surface area contributed by atoms with E-state index >= 15 is 0 Å². The minimum absolute atomic E-state index is 0.00498. The molecule has 1 amide bonds. The number of halogens is 1. The van der Waals surface area contributed by atoms with Crippen LogP contribution in [0, 0.1) is 0 Å². The minimum atomic E-state index is -3.94. The highest BCUT2D eigenvalue weighted by Crippen LogP contribution is 2.31. The maximum Gasteiger partial charge on any atom is 0.276 e. The molecule has 26 heavy (non-hydrogen) atoms. The molecule has 0 aliphatic heterocycles. The Morgan fingerprint density at radius 3 is 2.58 bits per heavy atom. The number of ether oxygens (including phenoxy) is 1. The maximum absolute atomic E-state index is 13.0. The van der Waals surface area contributed by atoms with E-state index < -0.39 is 15.9 Å². The lowest BCUT2D eigenvalue weighted by Gasteiger charge is -2.22. The minimum Gasteiger partial charge on any atom is -0.495 e. The number of amides is 1. The number of sulfonamides is 1. The fraction of sp³-hybridized carbons (Fsp3) is 0.235. The average molecular weight is 399 g/mol. The molecule has 0 atom stereocenters. The van der Waals surface area contributed by atoms with Crippen molar-refractivity contribution in [2.75, 3.05) is 25.1 Å². The van der Waals surface area contributed by atoms with Crippen LogP contribution in [0.3, 0.4) is 0 Å². The summed E-state index contributed by atoms with van der Waals surface area (Å²) in [6, 6.07) is 10.6. The summed E-state index contributed by atoms with van der Waals surface area (Å²) in [5.41, 5.74) is 2.56. The van der Waals surface area contributed by atoms with Crippen molar-refractivity contribution in [3.63, 3.8) is 0 Å². The number of rotatable bonds is 7. The van der Waals surface area contributed by atoms with Gasteiger partial charge >= 0.3 is 0 Å². The first kappa shape index (κ1) is 20.0. The van der Waals surface area contributed by atoms with Crippen molar-refractivity contribution in [1.82, 2.24) is 5.48 Å². The molecule has 0 fully saturated rings. The summed E-state index contributed by atoms with van der Waals surface area (Å²) >= 11 is 6.02. The average Bonchev–Trinajstić information content (AvgIpc) is 2.65. The van der Waals surface area contributed by atoms with E-state index in [4.69, 9.17) is 21.2 Å². The number of methoxy groups -OCH3 is 1. The third-order valence-electron chi connectivity index (χ3n) is 3.57. The maximum atomic E-state index is 13.0. The van der Waals surface area contributed by atoms with Gasteiger partial charge in [-0.2, -0.15) is 0 Å². The standard InChI is InChI=1S/C17H19ClN2O5S/c1-4-25-19-17(21)13-11-12(9-10-14(13)18)26(22,23)20(2)15-7-5-6-8-16(15)24-3/h5-11H,4H2,1-3H3,(H,19,21). The van der Waals surface area contributed by atoms with Gasteiger partial charge < -0.3 is 4.74 Å². The number of hydrogen-bond donors (Lipinski definition) is 1. The second kappa shape index (κ2) is 8.39. The van der Waals surface area contributed by atoms with E-state index in [1.54, 1.807) is 31.2 Å². The zero-order chi connectivity index (χ0) is 19.3. The normalized spacial score (nSPS) is 11.1. The first-order valence-corrected chi connectivity index (χ1v) is 9.48. The van der Waals surface area contributed by atoms with Crippen molar-refractivity contribution in [2.24, 2.45) is 0 Å². The van der Waals surface area contributed by atoms with E-state index in [1.165, 1.54) is 32.4 Å². The van der Waals surface area contributed by atoms with Gasteiger partial charge in [0.1, 0.15) is 5.75 Å². The molecular weight excluding hydrogens is 380 g/mol. The SMILES string of the molecule is CCONC(=O)c1cc(S(=O)(=O)N(C)c2ccccc2OC)ccc1Cl. The number of hydroxylamine groups is 1. The lowest BCUT2D eigenvalue weighted by atomic mass is 10.2. The summed E-state index contributed by atoms with van der Waals surface area (Å²) in [6.45, 7) is 1.96. The molecule has 0 saturated heterocycles. The van der Waals surface area contributed by atoms with Crippen molar-refractivity contribution < 1.29 is 22.8 Å². The van der Waals surface area contributed by atoms with Gasteiger partial charge in [0, 0.05) is 7.05 Å². The van der Waals surface area contributed by atoms with Crippen LogP contribution in [0.1, 0.15) is 17.3 Å². The summed E-state index contributed by atoms with van der Waals surface area (Å²) < 4.78 is 32.2. The fourth-order valence-corrected chi connectivity index (χ4v) is 3.65. The van der Waals surface area contributed by atoms with Crippen molar-refractivity contribution in [1.29, 1.82) is 0 Å². The first-order valence-electron chi connectivity index (χ1n) is 7.66. The third-order valence-corrected chi connectivity index (χ3v) is 5.67. The number of anilines is 1. The molecule has 0 radical (unpaired) electrons. The Balaban J connectivity index is 2.44. The molecule has 2 rings (SSSR count). The lowest BCUT2D eigenvalue weighted by molar-refractivity contribution is 0.0364. The first-order chi connectivity index (χ1) is 12.3. The van der Waals surface area contributed by atoms with E-state index in [0.717, 1.165) is 4.31 Å². The number of carbonyl (C=O) groups excluding carboxylic acids is 1. The lowest BCUT2D eigenvalue weighted by Crippen LogP contribution is -2.28. The van der Waals surface area contributed by atoms with E-state index in [9.17, 15) is 13.2 Å². The summed E-state index contributed by atoms with van der Waals surface area (Å²) in [5, 5.41) is 0.112. The quantitative estimate of drug-likeness (QED) is 0.725. The number of benzene rings is 2. The molecule has 0 aliphatic carbocycles.